The zero-order chi connectivity index (χ0) is 20.4. The van der Waals surface area contributed by atoms with Gasteiger partial charge in [0.15, 0.2) is 17.3 Å². The highest BCUT2D eigenvalue weighted by Gasteiger charge is 2.20. The number of fused-ring (bicyclic) bond motifs is 1. The molecule has 7 nitrogen and oxygen atoms in total. The van der Waals surface area contributed by atoms with Crippen molar-refractivity contribution in [1.29, 1.82) is 0 Å². The molecule has 3 aromatic rings. The summed E-state index contributed by atoms with van der Waals surface area (Å²) in [5, 5.41) is 30.3. The lowest BCUT2D eigenvalue weighted by atomic mass is 10.1. The van der Waals surface area contributed by atoms with Crippen LogP contribution in [0.1, 0.15) is 13.8 Å². The highest BCUT2D eigenvalue weighted by atomic mass is 16.5. The molecule has 146 valence electrons. The fraction of sp³-hybridized carbons (Fsp3) is 0.190. The summed E-state index contributed by atoms with van der Waals surface area (Å²) in [4.78, 5) is 12.6. The standard InChI is InChI=1S/C21H20O7/c1-11(2)6-7-27-13-9-15(23)18-17(10-13)28-21(20(25)19(18)24)12-4-5-16(26-3)14(22)8-12/h4-6,8-10,22-23,25H,7H2,1-3H3. The van der Waals surface area contributed by atoms with Crippen LogP contribution >= 0.6 is 0 Å². The molecule has 0 saturated heterocycles. The van der Waals surface area contributed by atoms with Gasteiger partial charge in [-0.2, -0.15) is 0 Å². The first-order valence-corrected chi connectivity index (χ1v) is 8.48. The average molecular weight is 384 g/mol. The van der Waals surface area contributed by atoms with Gasteiger partial charge < -0.3 is 29.2 Å². The van der Waals surface area contributed by atoms with Crippen LogP contribution in [0.25, 0.3) is 22.3 Å². The van der Waals surface area contributed by atoms with Crippen molar-refractivity contribution in [2.75, 3.05) is 13.7 Å². The largest absolute Gasteiger partial charge is 0.507 e. The van der Waals surface area contributed by atoms with Crippen LogP contribution in [0.2, 0.25) is 0 Å². The molecular formula is C21H20O7. The van der Waals surface area contributed by atoms with Crippen LogP contribution < -0.4 is 14.9 Å². The van der Waals surface area contributed by atoms with Crippen molar-refractivity contribution in [2.24, 2.45) is 0 Å². The van der Waals surface area contributed by atoms with Crippen LogP contribution in [0.4, 0.5) is 0 Å². The summed E-state index contributed by atoms with van der Waals surface area (Å²) >= 11 is 0. The third kappa shape index (κ3) is 3.59. The van der Waals surface area contributed by atoms with E-state index >= 15 is 0 Å². The third-order valence-corrected chi connectivity index (χ3v) is 4.11. The van der Waals surface area contributed by atoms with Gasteiger partial charge in [-0.15, -0.1) is 0 Å². The molecule has 0 amide bonds. The van der Waals surface area contributed by atoms with Crippen molar-refractivity contribution in [3.8, 4) is 40.1 Å². The Bertz CT molecular complexity index is 1120. The van der Waals surface area contributed by atoms with Crippen LogP contribution in [0.5, 0.6) is 28.7 Å². The molecule has 0 bridgehead atoms. The van der Waals surface area contributed by atoms with Gasteiger partial charge in [0, 0.05) is 17.7 Å². The van der Waals surface area contributed by atoms with Crippen molar-refractivity contribution in [3.05, 3.63) is 52.2 Å². The fourth-order valence-corrected chi connectivity index (χ4v) is 2.68. The van der Waals surface area contributed by atoms with Crippen LogP contribution in [-0.4, -0.2) is 29.0 Å². The summed E-state index contributed by atoms with van der Waals surface area (Å²) in [6.45, 7) is 4.15. The minimum absolute atomic E-state index is 0.0420. The van der Waals surface area contributed by atoms with Gasteiger partial charge in [0.25, 0.3) is 0 Å². The molecule has 0 spiro atoms. The van der Waals surface area contributed by atoms with E-state index in [9.17, 15) is 20.1 Å². The van der Waals surface area contributed by atoms with Crippen LogP contribution in [0, 0.1) is 0 Å². The van der Waals surface area contributed by atoms with Crippen LogP contribution in [-0.2, 0) is 0 Å². The SMILES string of the molecule is COc1ccc(-c2oc3cc(OCC=C(C)C)cc(O)c3c(=O)c2O)cc1O. The number of methoxy groups -OCH3 is 1. The van der Waals surface area contributed by atoms with Crippen molar-refractivity contribution in [2.45, 2.75) is 13.8 Å². The minimum Gasteiger partial charge on any atom is -0.507 e. The summed E-state index contributed by atoms with van der Waals surface area (Å²) in [5.74, 6) is -0.817. The van der Waals surface area contributed by atoms with E-state index in [1.54, 1.807) is 0 Å². The second-order valence-corrected chi connectivity index (χ2v) is 6.40. The first-order chi connectivity index (χ1) is 13.3. The van der Waals surface area contributed by atoms with E-state index in [1.807, 2.05) is 19.9 Å². The molecule has 0 aliphatic rings. The van der Waals surface area contributed by atoms with E-state index in [0.717, 1.165) is 5.57 Å². The third-order valence-electron chi connectivity index (χ3n) is 4.11. The summed E-state index contributed by atoms with van der Waals surface area (Å²) in [7, 11) is 1.40. The van der Waals surface area contributed by atoms with Gasteiger partial charge in [-0.3, -0.25) is 4.79 Å². The average Bonchev–Trinajstić information content (AvgIpc) is 2.64. The Labute approximate surface area is 160 Å². The number of hydrogen-bond donors (Lipinski definition) is 3. The lowest BCUT2D eigenvalue weighted by Gasteiger charge is -2.10. The van der Waals surface area contributed by atoms with E-state index in [0.29, 0.717) is 5.75 Å². The molecule has 0 radical (unpaired) electrons. The molecule has 1 heterocycles. The normalized spacial score (nSPS) is 10.7. The quantitative estimate of drug-likeness (QED) is 0.572. The van der Waals surface area contributed by atoms with E-state index in [1.165, 1.54) is 37.4 Å². The Morgan fingerprint density at radius 2 is 1.86 bits per heavy atom. The Balaban J connectivity index is 2.14. The number of hydrogen-bond acceptors (Lipinski definition) is 7. The first kappa shape index (κ1) is 19.2. The smallest absolute Gasteiger partial charge is 0.238 e. The van der Waals surface area contributed by atoms with Gasteiger partial charge in [0.1, 0.15) is 29.1 Å². The molecule has 3 rings (SSSR count). The number of rotatable bonds is 5. The second-order valence-electron chi connectivity index (χ2n) is 6.40. The van der Waals surface area contributed by atoms with Gasteiger partial charge in [-0.05, 0) is 38.1 Å². The number of phenols is 2. The maximum atomic E-state index is 12.6. The topological polar surface area (TPSA) is 109 Å². The minimum atomic E-state index is -0.792. The Kier molecular flexibility index (Phi) is 5.17. The molecule has 0 aliphatic carbocycles. The number of benzene rings is 2. The molecule has 2 aromatic carbocycles. The molecular weight excluding hydrogens is 364 g/mol. The maximum absolute atomic E-state index is 12.6. The molecule has 3 N–H and O–H groups in total. The van der Waals surface area contributed by atoms with E-state index in [4.69, 9.17) is 13.9 Å². The van der Waals surface area contributed by atoms with Crippen molar-refractivity contribution in [1.82, 2.24) is 0 Å². The predicted molar refractivity (Wildman–Crippen MR) is 104 cm³/mol. The van der Waals surface area contributed by atoms with Gasteiger partial charge in [0.2, 0.25) is 11.2 Å². The molecule has 1 aromatic heterocycles. The fourth-order valence-electron chi connectivity index (χ4n) is 2.68. The highest BCUT2D eigenvalue weighted by Crippen LogP contribution is 2.38. The van der Waals surface area contributed by atoms with Gasteiger partial charge >= 0.3 is 0 Å². The molecule has 7 heteroatoms. The van der Waals surface area contributed by atoms with E-state index in [-0.39, 0.29) is 46.1 Å². The van der Waals surface area contributed by atoms with Crippen molar-refractivity contribution >= 4 is 11.0 Å². The van der Waals surface area contributed by atoms with E-state index < -0.39 is 11.2 Å². The lowest BCUT2D eigenvalue weighted by molar-refractivity contribution is 0.358. The molecule has 0 fully saturated rings. The molecule has 0 saturated carbocycles. The predicted octanol–water partition coefficient (Wildman–Crippen LogP) is 3.93. The summed E-state index contributed by atoms with van der Waals surface area (Å²) in [5.41, 5.74) is 0.591. The zero-order valence-electron chi connectivity index (χ0n) is 15.6. The van der Waals surface area contributed by atoms with Gasteiger partial charge in [0.05, 0.1) is 7.11 Å². The zero-order valence-corrected chi connectivity index (χ0v) is 15.6. The van der Waals surface area contributed by atoms with Crippen LogP contribution in [0.3, 0.4) is 0 Å². The summed E-state index contributed by atoms with van der Waals surface area (Å²) in [6.07, 6.45) is 1.86. The molecule has 28 heavy (non-hydrogen) atoms. The van der Waals surface area contributed by atoms with Gasteiger partial charge in [-0.1, -0.05) is 5.57 Å². The Morgan fingerprint density at radius 3 is 2.50 bits per heavy atom. The Morgan fingerprint density at radius 1 is 1.11 bits per heavy atom. The monoisotopic (exact) mass is 384 g/mol. The maximum Gasteiger partial charge on any atom is 0.238 e. The number of ether oxygens (including phenoxy) is 2. The van der Waals surface area contributed by atoms with Crippen molar-refractivity contribution < 1.29 is 29.2 Å². The molecule has 0 atom stereocenters. The number of aromatic hydroxyl groups is 3. The highest BCUT2D eigenvalue weighted by molar-refractivity contribution is 5.88. The van der Waals surface area contributed by atoms with Gasteiger partial charge in [-0.25, -0.2) is 0 Å². The summed E-state index contributed by atoms with van der Waals surface area (Å²) in [6, 6.07) is 7.05. The molecule has 0 unspecified atom stereocenters. The molecule has 0 aliphatic heterocycles. The first-order valence-electron chi connectivity index (χ1n) is 8.48. The van der Waals surface area contributed by atoms with Crippen molar-refractivity contribution in [3.63, 3.8) is 0 Å². The second kappa shape index (κ2) is 7.56. The number of phenolic OH excluding ortho intramolecular Hbond substituents is 2. The summed E-state index contributed by atoms with van der Waals surface area (Å²) < 4.78 is 16.2. The van der Waals surface area contributed by atoms with Crippen LogP contribution in [0.15, 0.2) is 51.2 Å². The number of allylic oxidation sites excluding steroid dienone is 1. The van der Waals surface area contributed by atoms with E-state index in [2.05, 4.69) is 0 Å². The Hall–Kier alpha value is -3.61. The lowest BCUT2D eigenvalue weighted by Crippen LogP contribution is -2.04.